The molecule has 2 nitrogen and oxygen atoms in total. The van der Waals surface area contributed by atoms with Gasteiger partial charge in [-0.05, 0) is 43.2 Å². The molecule has 0 saturated carbocycles. The Labute approximate surface area is 114 Å². The van der Waals surface area contributed by atoms with Crippen LogP contribution in [0.4, 0.5) is 13.2 Å². The quantitative estimate of drug-likeness (QED) is 0.911. The second-order valence-corrected chi connectivity index (χ2v) is 4.84. The van der Waals surface area contributed by atoms with Gasteiger partial charge in [0.15, 0.2) is 0 Å². The Bertz CT molecular complexity index is 606. The maximum absolute atomic E-state index is 12.6. The van der Waals surface area contributed by atoms with Gasteiger partial charge in [-0.1, -0.05) is 12.1 Å². The summed E-state index contributed by atoms with van der Waals surface area (Å²) in [5.41, 5.74) is -0.765. The van der Waals surface area contributed by atoms with Crippen LogP contribution in [0.2, 0.25) is 0 Å². The highest BCUT2D eigenvalue weighted by Crippen LogP contribution is 2.35. The summed E-state index contributed by atoms with van der Waals surface area (Å²) in [7, 11) is 0. The standard InChI is InChI=1S/C15H14F3NO/c1-10-8-11(15(16,17)18)5-6-13(10)14(2,20)12-4-3-7-19-9-12/h3-9,20H,1-2H3. The zero-order valence-electron chi connectivity index (χ0n) is 11.1. The highest BCUT2D eigenvalue weighted by atomic mass is 19.4. The number of aliphatic hydroxyl groups is 1. The molecule has 5 heteroatoms. The number of hydrogen-bond donors (Lipinski definition) is 1. The van der Waals surface area contributed by atoms with Crippen molar-refractivity contribution in [3.63, 3.8) is 0 Å². The molecule has 2 rings (SSSR count). The van der Waals surface area contributed by atoms with Crippen LogP contribution in [0.3, 0.4) is 0 Å². The lowest BCUT2D eigenvalue weighted by Crippen LogP contribution is -2.24. The Hall–Kier alpha value is -1.88. The predicted octanol–water partition coefficient (Wildman–Crippen LogP) is 3.66. The van der Waals surface area contributed by atoms with Gasteiger partial charge in [0.2, 0.25) is 0 Å². The molecule has 0 fully saturated rings. The van der Waals surface area contributed by atoms with Crippen LogP contribution >= 0.6 is 0 Å². The number of hydrogen-bond acceptors (Lipinski definition) is 2. The molecule has 0 aliphatic heterocycles. The summed E-state index contributed by atoms with van der Waals surface area (Å²) in [6.07, 6.45) is -1.32. The summed E-state index contributed by atoms with van der Waals surface area (Å²) in [5.74, 6) is 0. The van der Waals surface area contributed by atoms with E-state index in [-0.39, 0.29) is 0 Å². The number of benzene rings is 1. The maximum atomic E-state index is 12.6. The van der Waals surface area contributed by atoms with Crippen LogP contribution in [0, 0.1) is 6.92 Å². The first-order chi connectivity index (χ1) is 9.23. The summed E-state index contributed by atoms with van der Waals surface area (Å²) in [4.78, 5) is 3.92. The smallest absolute Gasteiger partial charge is 0.381 e. The minimum atomic E-state index is -4.39. The van der Waals surface area contributed by atoms with Gasteiger partial charge in [-0.3, -0.25) is 4.98 Å². The van der Waals surface area contributed by atoms with Crippen molar-refractivity contribution in [2.24, 2.45) is 0 Å². The van der Waals surface area contributed by atoms with Gasteiger partial charge < -0.3 is 5.11 Å². The second-order valence-electron chi connectivity index (χ2n) is 4.84. The van der Waals surface area contributed by atoms with E-state index in [1.165, 1.54) is 12.3 Å². The second kappa shape index (κ2) is 4.90. The zero-order valence-corrected chi connectivity index (χ0v) is 11.1. The first-order valence-electron chi connectivity index (χ1n) is 6.04. The van der Waals surface area contributed by atoms with Crippen molar-refractivity contribution in [3.8, 4) is 0 Å². The first-order valence-corrected chi connectivity index (χ1v) is 6.04. The van der Waals surface area contributed by atoms with Crippen LogP contribution in [0.15, 0.2) is 42.7 Å². The van der Waals surface area contributed by atoms with Crippen molar-refractivity contribution in [1.29, 1.82) is 0 Å². The van der Waals surface area contributed by atoms with E-state index in [4.69, 9.17) is 0 Å². The number of alkyl halides is 3. The van der Waals surface area contributed by atoms with E-state index in [0.717, 1.165) is 12.1 Å². The first kappa shape index (κ1) is 14.5. The van der Waals surface area contributed by atoms with Crippen LogP contribution in [-0.4, -0.2) is 10.1 Å². The molecule has 0 radical (unpaired) electrons. The molecular weight excluding hydrogens is 267 g/mol. The number of nitrogens with zero attached hydrogens (tertiary/aromatic N) is 1. The van der Waals surface area contributed by atoms with E-state index >= 15 is 0 Å². The molecular formula is C15H14F3NO. The average molecular weight is 281 g/mol. The molecule has 0 spiro atoms. The lowest BCUT2D eigenvalue weighted by Gasteiger charge is -2.26. The number of rotatable bonds is 2. The van der Waals surface area contributed by atoms with Gasteiger partial charge in [0.05, 0.1) is 5.56 Å². The third-order valence-electron chi connectivity index (χ3n) is 3.30. The molecule has 0 bridgehead atoms. The average Bonchev–Trinajstić information content (AvgIpc) is 2.38. The van der Waals surface area contributed by atoms with Crippen molar-refractivity contribution in [3.05, 3.63) is 65.0 Å². The summed E-state index contributed by atoms with van der Waals surface area (Å²) >= 11 is 0. The molecule has 0 saturated heterocycles. The van der Waals surface area contributed by atoms with Crippen LogP contribution in [0.1, 0.15) is 29.2 Å². The molecule has 1 atom stereocenters. The number of halogens is 3. The Morgan fingerprint density at radius 2 is 1.80 bits per heavy atom. The van der Waals surface area contributed by atoms with Gasteiger partial charge in [0.1, 0.15) is 5.60 Å². The summed E-state index contributed by atoms with van der Waals surface area (Å²) in [6.45, 7) is 3.09. The van der Waals surface area contributed by atoms with Crippen LogP contribution in [0.25, 0.3) is 0 Å². The fourth-order valence-corrected chi connectivity index (χ4v) is 2.19. The maximum Gasteiger partial charge on any atom is 0.416 e. The summed E-state index contributed by atoms with van der Waals surface area (Å²) in [5, 5.41) is 10.6. The molecule has 1 N–H and O–H groups in total. The molecule has 1 aromatic heterocycles. The number of pyridine rings is 1. The van der Waals surface area contributed by atoms with Crippen molar-refractivity contribution in [1.82, 2.24) is 4.98 Å². The van der Waals surface area contributed by atoms with E-state index in [0.29, 0.717) is 16.7 Å². The zero-order chi connectivity index (χ0) is 15.0. The molecule has 0 aliphatic rings. The SMILES string of the molecule is Cc1cc(C(F)(F)F)ccc1C(C)(O)c1cccnc1. The Balaban J connectivity index is 2.48. The molecule has 1 heterocycles. The van der Waals surface area contributed by atoms with Crippen LogP contribution < -0.4 is 0 Å². The lowest BCUT2D eigenvalue weighted by atomic mass is 9.86. The molecule has 0 aliphatic carbocycles. The van der Waals surface area contributed by atoms with E-state index in [2.05, 4.69) is 4.98 Å². The van der Waals surface area contributed by atoms with E-state index in [9.17, 15) is 18.3 Å². The third kappa shape index (κ3) is 2.67. The monoisotopic (exact) mass is 281 g/mol. The largest absolute Gasteiger partial charge is 0.416 e. The normalized spacial score (nSPS) is 14.9. The Morgan fingerprint density at radius 1 is 1.10 bits per heavy atom. The van der Waals surface area contributed by atoms with Gasteiger partial charge in [0, 0.05) is 18.0 Å². The topological polar surface area (TPSA) is 33.1 Å². The molecule has 1 unspecified atom stereocenters. The van der Waals surface area contributed by atoms with Gasteiger partial charge in [-0.2, -0.15) is 13.2 Å². The minimum absolute atomic E-state index is 0.383. The molecule has 1 aromatic carbocycles. The highest BCUT2D eigenvalue weighted by molar-refractivity contribution is 5.41. The van der Waals surface area contributed by atoms with Gasteiger partial charge in [0.25, 0.3) is 0 Å². The van der Waals surface area contributed by atoms with Gasteiger partial charge >= 0.3 is 6.18 Å². The van der Waals surface area contributed by atoms with Gasteiger partial charge in [-0.25, -0.2) is 0 Å². The fourth-order valence-electron chi connectivity index (χ4n) is 2.19. The van der Waals surface area contributed by atoms with Crippen molar-refractivity contribution < 1.29 is 18.3 Å². The third-order valence-corrected chi connectivity index (χ3v) is 3.30. The molecule has 0 amide bonds. The lowest BCUT2D eigenvalue weighted by molar-refractivity contribution is -0.137. The van der Waals surface area contributed by atoms with E-state index in [1.807, 2.05) is 0 Å². The van der Waals surface area contributed by atoms with Crippen LogP contribution in [-0.2, 0) is 11.8 Å². The number of aryl methyl sites for hydroxylation is 1. The van der Waals surface area contributed by atoms with E-state index < -0.39 is 17.3 Å². The van der Waals surface area contributed by atoms with Crippen molar-refractivity contribution in [2.45, 2.75) is 25.6 Å². The molecule has 20 heavy (non-hydrogen) atoms. The van der Waals surface area contributed by atoms with Crippen molar-refractivity contribution >= 4 is 0 Å². The van der Waals surface area contributed by atoms with Crippen molar-refractivity contribution in [2.75, 3.05) is 0 Å². The van der Waals surface area contributed by atoms with Crippen LogP contribution in [0.5, 0.6) is 0 Å². The molecule has 2 aromatic rings. The summed E-state index contributed by atoms with van der Waals surface area (Å²) in [6, 6.07) is 6.69. The highest BCUT2D eigenvalue weighted by Gasteiger charge is 2.33. The fraction of sp³-hybridized carbons (Fsp3) is 0.267. The Morgan fingerprint density at radius 3 is 2.30 bits per heavy atom. The van der Waals surface area contributed by atoms with E-state index in [1.54, 1.807) is 32.2 Å². The van der Waals surface area contributed by atoms with Gasteiger partial charge in [-0.15, -0.1) is 0 Å². The molecule has 106 valence electrons. The predicted molar refractivity (Wildman–Crippen MR) is 69.1 cm³/mol. The number of aromatic nitrogens is 1. The Kier molecular flexibility index (Phi) is 3.56. The minimum Gasteiger partial charge on any atom is -0.381 e. The summed E-state index contributed by atoms with van der Waals surface area (Å²) < 4.78 is 37.9.